The lowest BCUT2D eigenvalue weighted by molar-refractivity contribution is 0.217. The molecule has 2 aromatic carbocycles. The number of aromatic nitrogens is 2. The van der Waals surface area contributed by atoms with Crippen molar-refractivity contribution in [2.75, 3.05) is 0 Å². The molecule has 25 heavy (non-hydrogen) atoms. The quantitative estimate of drug-likeness (QED) is 0.727. The lowest BCUT2D eigenvalue weighted by atomic mass is 10.2. The number of rotatable bonds is 5. The molecule has 1 heterocycles. The maximum atomic E-state index is 12.5. The molecule has 1 atom stereocenters. The SMILES string of the molecule is CCC(C)Oc1ccccc1C=Nn1c(=O)[nH]c2ccccc2c1=O. The van der Waals surface area contributed by atoms with Crippen molar-refractivity contribution in [3.8, 4) is 5.75 Å². The van der Waals surface area contributed by atoms with Crippen molar-refractivity contribution in [3.63, 3.8) is 0 Å². The second-order valence-corrected chi connectivity index (χ2v) is 5.71. The largest absolute Gasteiger partial charge is 0.490 e. The van der Waals surface area contributed by atoms with E-state index in [1.165, 1.54) is 6.21 Å². The van der Waals surface area contributed by atoms with Crippen molar-refractivity contribution < 1.29 is 4.74 Å². The Hall–Kier alpha value is -3.15. The van der Waals surface area contributed by atoms with E-state index >= 15 is 0 Å². The highest BCUT2D eigenvalue weighted by Crippen LogP contribution is 2.18. The number of hydrogen-bond donors (Lipinski definition) is 1. The Labute approximate surface area is 144 Å². The fraction of sp³-hybridized carbons (Fsp3) is 0.211. The summed E-state index contributed by atoms with van der Waals surface area (Å²) in [5, 5.41) is 4.48. The minimum atomic E-state index is -0.583. The highest BCUT2D eigenvalue weighted by atomic mass is 16.5. The van der Waals surface area contributed by atoms with Crippen LogP contribution in [-0.2, 0) is 0 Å². The molecule has 0 saturated carbocycles. The molecule has 1 N–H and O–H groups in total. The molecule has 0 aliphatic heterocycles. The minimum absolute atomic E-state index is 0.0568. The zero-order valence-corrected chi connectivity index (χ0v) is 14.1. The van der Waals surface area contributed by atoms with Gasteiger partial charge in [0.05, 0.1) is 23.2 Å². The number of nitrogens with zero attached hydrogens (tertiary/aromatic N) is 2. The zero-order chi connectivity index (χ0) is 17.8. The van der Waals surface area contributed by atoms with Gasteiger partial charge < -0.3 is 9.72 Å². The van der Waals surface area contributed by atoms with Crippen LogP contribution in [0.15, 0.2) is 63.2 Å². The molecule has 3 aromatic rings. The summed E-state index contributed by atoms with van der Waals surface area (Å²) in [5.41, 5.74) is 0.142. The molecular formula is C19H19N3O3. The number of ether oxygens (including phenoxy) is 1. The van der Waals surface area contributed by atoms with Crippen LogP contribution in [0, 0.1) is 0 Å². The Morgan fingerprint density at radius 2 is 1.88 bits per heavy atom. The van der Waals surface area contributed by atoms with Gasteiger partial charge in [-0.1, -0.05) is 31.2 Å². The Balaban J connectivity index is 2.03. The first-order valence-corrected chi connectivity index (χ1v) is 8.14. The van der Waals surface area contributed by atoms with Crippen LogP contribution >= 0.6 is 0 Å². The summed E-state index contributed by atoms with van der Waals surface area (Å²) >= 11 is 0. The number of H-pyrrole nitrogens is 1. The average molecular weight is 337 g/mol. The molecule has 0 radical (unpaired) electrons. The van der Waals surface area contributed by atoms with Gasteiger partial charge in [-0.25, -0.2) is 4.79 Å². The Morgan fingerprint density at radius 1 is 1.16 bits per heavy atom. The fourth-order valence-corrected chi connectivity index (χ4v) is 2.37. The van der Waals surface area contributed by atoms with Gasteiger partial charge in [0.25, 0.3) is 5.56 Å². The van der Waals surface area contributed by atoms with Crippen molar-refractivity contribution in [3.05, 3.63) is 74.9 Å². The van der Waals surface area contributed by atoms with E-state index in [-0.39, 0.29) is 6.10 Å². The number of para-hydroxylation sites is 2. The van der Waals surface area contributed by atoms with E-state index < -0.39 is 11.2 Å². The second-order valence-electron chi connectivity index (χ2n) is 5.71. The summed E-state index contributed by atoms with van der Waals surface area (Å²) in [6, 6.07) is 14.2. The summed E-state index contributed by atoms with van der Waals surface area (Å²) in [4.78, 5) is 27.3. The highest BCUT2D eigenvalue weighted by molar-refractivity contribution is 5.83. The molecule has 6 heteroatoms. The summed E-state index contributed by atoms with van der Waals surface area (Å²) in [5.74, 6) is 0.658. The lowest BCUT2D eigenvalue weighted by Gasteiger charge is -2.14. The van der Waals surface area contributed by atoms with Crippen molar-refractivity contribution >= 4 is 17.1 Å². The first-order valence-electron chi connectivity index (χ1n) is 8.14. The summed E-state index contributed by atoms with van der Waals surface area (Å²) in [6.07, 6.45) is 2.39. The van der Waals surface area contributed by atoms with Gasteiger partial charge in [-0.05, 0) is 37.6 Å². The van der Waals surface area contributed by atoms with E-state index in [2.05, 4.69) is 10.1 Å². The summed E-state index contributed by atoms with van der Waals surface area (Å²) in [6.45, 7) is 4.02. The predicted octanol–water partition coefficient (Wildman–Crippen LogP) is 2.75. The molecule has 1 aromatic heterocycles. The van der Waals surface area contributed by atoms with Crippen molar-refractivity contribution in [2.24, 2.45) is 5.10 Å². The predicted molar refractivity (Wildman–Crippen MR) is 98.6 cm³/mol. The van der Waals surface area contributed by atoms with Crippen LogP contribution in [0.4, 0.5) is 0 Å². The molecule has 0 fully saturated rings. The molecule has 3 rings (SSSR count). The van der Waals surface area contributed by atoms with Gasteiger partial charge in [0.15, 0.2) is 0 Å². The standard InChI is InChI=1S/C19H19N3O3/c1-3-13(2)25-17-11-7-4-8-14(17)12-20-22-18(23)15-9-5-6-10-16(15)21-19(22)24/h4-13H,3H2,1-2H3,(H,21,24). The maximum Gasteiger partial charge on any atom is 0.349 e. The van der Waals surface area contributed by atoms with Crippen LogP contribution in [0.2, 0.25) is 0 Å². The fourth-order valence-electron chi connectivity index (χ4n) is 2.37. The topological polar surface area (TPSA) is 76.5 Å². The van der Waals surface area contributed by atoms with Crippen LogP contribution in [-0.4, -0.2) is 22.0 Å². The minimum Gasteiger partial charge on any atom is -0.490 e. The van der Waals surface area contributed by atoms with Crippen molar-refractivity contribution in [2.45, 2.75) is 26.4 Å². The van der Waals surface area contributed by atoms with Crippen molar-refractivity contribution in [1.82, 2.24) is 9.66 Å². The third-order valence-electron chi connectivity index (χ3n) is 3.92. The van der Waals surface area contributed by atoms with E-state index in [0.29, 0.717) is 22.2 Å². The van der Waals surface area contributed by atoms with Crippen LogP contribution in [0.3, 0.4) is 0 Å². The van der Waals surface area contributed by atoms with E-state index in [9.17, 15) is 9.59 Å². The maximum absolute atomic E-state index is 12.5. The number of nitrogens with one attached hydrogen (secondary N) is 1. The Kier molecular flexibility index (Phi) is 4.79. The number of aromatic amines is 1. The Bertz CT molecular complexity index is 1030. The molecule has 0 spiro atoms. The van der Waals surface area contributed by atoms with Gasteiger partial charge in [0.1, 0.15) is 5.75 Å². The summed E-state index contributed by atoms with van der Waals surface area (Å²) < 4.78 is 6.67. The third-order valence-corrected chi connectivity index (χ3v) is 3.92. The Morgan fingerprint density at radius 3 is 2.68 bits per heavy atom. The van der Waals surface area contributed by atoms with Crippen molar-refractivity contribution in [1.29, 1.82) is 0 Å². The smallest absolute Gasteiger partial charge is 0.349 e. The molecule has 6 nitrogen and oxygen atoms in total. The number of benzene rings is 2. The van der Waals surface area contributed by atoms with E-state index in [0.717, 1.165) is 11.1 Å². The second kappa shape index (κ2) is 7.17. The average Bonchev–Trinajstić information content (AvgIpc) is 2.62. The van der Waals surface area contributed by atoms with Crippen LogP contribution in [0.1, 0.15) is 25.8 Å². The van der Waals surface area contributed by atoms with Crippen LogP contribution < -0.4 is 16.0 Å². The van der Waals surface area contributed by atoms with Gasteiger partial charge in [-0.15, -0.1) is 4.68 Å². The molecule has 128 valence electrons. The monoisotopic (exact) mass is 337 g/mol. The van der Waals surface area contributed by atoms with Gasteiger partial charge in [0, 0.05) is 5.56 Å². The summed E-state index contributed by atoms with van der Waals surface area (Å²) in [7, 11) is 0. The van der Waals surface area contributed by atoms with E-state index in [4.69, 9.17) is 4.74 Å². The lowest BCUT2D eigenvalue weighted by Crippen LogP contribution is -2.32. The molecular weight excluding hydrogens is 318 g/mol. The molecule has 1 unspecified atom stereocenters. The first kappa shape index (κ1) is 16.7. The van der Waals surface area contributed by atoms with Gasteiger partial charge in [0.2, 0.25) is 0 Å². The van der Waals surface area contributed by atoms with Gasteiger partial charge in [-0.2, -0.15) is 5.10 Å². The highest BCUT2D eigenvalue weighted by Gasteiger charge is 2.07. The molecule has 0 aliphatic rings. The molecule has 0 aliphatic carbocycles. The van der Waals surface area contributed by atoms with E-state index in [1.807, 2.05) is 38.1 Å². The van der Waals surface area contributed by atoms with Crippen LogP contribution in [0.25, 0.3) is 10.9 Å². The van der Waals surface area contributed by atoms with Gasteiger partial charge in [-0.3, -0.25) is 4.79 Å². The normalized spacial score (nSPS) is 12.6. The van der Waals surface area contributed by atoms with E-state index in [1.54, 1.807) is 24.3 Å². The number of hydrogen-bond acceptors (Lipinski definition) is 4. The van der Waals surface area contributed by atoms with Gasteiger partial charge >= 0.3 is 5.69 Å². The van der Waals surface area contributed by atoms with Crippen LogP contribution in [0.5, 0.6) is 5.75 Å². The first-order chi connectivity index (χ1) is 12.1. The molecule has 0 amide bonds. The number of fused-ring (bicyclic) bond motifs is 1. The zero-order valence-electron chi connectivity index (χ0n) is 14.1. The molecule has 0 bridgehead atoms. The molecule has 0 saturated heterocycles. The third kappa shape index (κ3) is 3.52.